The van der Waals surface area contributed by atoms with Gasteiger partial charge in [-0.2, -0.15) is 0 Å². The van der Waals surface area contributed by atoms with Crippen LogP contribution in [0.4, 0.5) is 0 Å². The first kappa shape index (κ1) is 14.2. The molecule has 2 aromatic carbocycles. The highest BCUT2D eigenvalue weighted by Gasteiger charge is 2.10. The van der Waals surface area contributed by atoms with Crippen LogP contribution in [0.5, 0.6) is 11.5 Å². The lowest BCUT2D eigenvalue weighted by molar-refractivity contribution is 0.493. The summed E-state index contributed by atoms with van der Waals surface area (Å²) in [5.41, 5.74) is 1.42. The molecule has 0 aliphatic rings. The Morgan fingerprint density at radius 3 is 1.61 bits per heavy atom. The fourth-order valence-electron chi connectivity index (χ4n) is 2.53. The van der Waals surface area contributed by atoms with Gasteiger partial charge in [0.05, 0.1) is 21.1 Å². The highest BCUT2D eigenvalue weighted by Crippen LogP contribution is 2.35. The third-order valence-corrected chi connectivity index (χ3v) is 4.19. The van der Waals surface area contributed by atoms with Gasteiger partial charge in [-0.1, -0.05) is 35.3 Å². The minimum atomic E-state index is 0.593. The van der Waals surface area contributed by atoms with Gasteiger partial charge in [0, 0.05) is 23.2 Å². The van der Waals surface area contributed by atoms with E-state index in [1.54, 1.807) is 12.4 Å². The zero-order chi connectivity index (χ0) is 15.8. The number of benzene rings is 2. The molecule has 0 atom stereocenters. The van der Waals surface area contributed by atoms with Gasteiger partial charge in [0.25, 0.3) is 0 Å². The number of aromatic nitrogens is 2. The second kappa shape index (κ2) is 5.69. The largest absolute Gasteiger partial charge is 0.456 e. The van der Waals surface area contributed by atoms with Crippen molar-refractivity contribution < 1.29 is 4.74 Å². The van der Waals surface area contributed by atoms with Gasteiger partial charge in [0.1, 0.15) is 11.5 Å². The topological polar surface area (TPSA) is 35.0 Å². The molecule has 0 amide bonds. The molecular weight excluding hydrogens is 331 g/mol. The van der Waals surface area contributed by atoms with Crippen LogP contribution in [-0.4, -0.2) is 9.97 Å². The molecule has 4 rings (SSSR count). The molecular formula is C18H10Cl2N2O. The number of hydrogen-bond donors (Lipinski definition) is 0. The van der Waals surface area contributed by atoms with E-state index in [-0.39, 0.29) is 0 Å². The summed E-state index contributed by atoms with van der Waals surface area (Å²) in [6, 6.07) is 14.9. The number of rotatable bonds is 2. The van der Waals surface area contributed by atoms with E-state index >= 15 is 0 Å². The summed E-state index contributed by atoms with van der Waals surface area (Å²) in [5, 5.41) is 2.89. The zero-order valence-electron chi connectivity index (χ0n) is 11.8. The van der Waals surface area contributed by atoms with E-state index in [9.17, 15) is 0 Å². The van der Waals surface area contributed by atoms with E-state index in [1.807, 2.05) is 48.5 Å². The van der Waals surface area contributed by atoms with Crippen molar-refractivity contribution in [1.82, 2.24) is 9.97 Å². The summed E-state index contributed by atoms with van der Waals surface area (Å²) < 4.78 is 6.12. The Bertz CT molecular complexity index is 951. The van der Waals surface area contributed by atoms with Gasteiger partial charge in [-0.3, -0.25) is 9.97 Å². The van der Waals surface area contributed by atoms with Crippen LogP contribution in [0.25, 0.3) is 21.8 Å². The lowest BCUT2D eigenvalue weighted by Gasteiger charge is -2.11. The normalized spacial score (nSPS) is 11.0. The van der Waals surface area contributed by atoms with E-state index in [2.05, 4.69) is 9.97 Å². The van der Waals surface area contributed by atoms with Crippen LogP contribution in [0.15, 0.2) is 60.9 Å². The van der Waals surface area contributed by atoms with Gasteiger partial charge in [-0.15, -0.1) is 0 Å². The molecule has 112 valence electrons. The number of halogens is 2. The van der Waals surface area contributed by atoms with E-state index in [1.165, 1.54) is 0 Å². The van der Waals surface area contributed by atoms with E-state index in [4.69, 9.17) is 27.9 Å². The maximum atomic E-state index is 6.20. The first-order valence-corrected chi connectivity index (χ1v) is 7.74. The standard InChI is InChI=1S/C18H10Cl2N2O/c19-13-5-1-3-11-15(7-9-21-17(11)13)23-16-8-10-22-18-12(16)4-2-6-14(18)20/h1-10H. The van der Waals surface area contributed by atoms with Crippen molar-refractivity contribution in [2.24, 2.45) is 0 Å². The number of pyridine rings is 2. The van der Waals surface area contributed by atoms with Gasteiger partial charge < -0.3 is 4.74 Å². The summed E-state index contributed by atoms with van der Waals surface area (Å²) in [4.78, 5) is 8.63. The van der Waals surface area contributed by atoms with Crippen LogP contribution in [0.1, 0.15) is 0 Å². The minimum absolute atomic E-state index is 0.593. The zero-order valence-corrected chi connectivity index (χ0v) is 13.3. The molecule has 2 heterocycles. The molecule has 0 saturated heterocycles. The van der Waals surface area contributed by atoms with Crippen LogP contribution in [-0.2, 0) is 0 Å². The number of nitrogens with zero attached hydrogens (tertiary/aromatic N) is 2. The third kappa shape index (κ3) is 2.48. The number of ether oxygens (including phenoxy) is 1. The molecule has 4 aromatic rings. The SMILES string of the molecule is Clc1cccc2c(Oc3ccnc4c(Cl)cccc34)ccnc12. The molecule has 0 N–H and O–H groups in total. The van der Waals surface area contributed by atoms with E-state index in [0.717, 1.165) is 10.8 Å². The Hall–Kier alpha value is -2.36. The van der Waals surface area contributed by atoms with Crippen molar-refractivity contribution in [2.75, 3.05) is 0 Å². The predicted octanol–water partition coefficient (Wildman–Crippen LogP) is 5.88. The van der Waals surface area contributed by atoms with Crippen LogP contribution in [0.3, 0.4) is 0 Å². The number of para-hydroxylation sites is 2. The second-order valence-electron chi connectivity index (χ2n) is 4.99. The fraction of sp³-hybridized carbons (Fsp3) is 0. The van der Waals surface area contributed by atoms with Gasteiger partial charge in [0.2, 0.25) is 0 Å². The van der Waals surface area contributed by atoms with E-state index in [0.29, 0.717) is 32.6 Å². The molecule has 0 saturated carbocycles. The van der Waals surface area contributed by atoms with Crippen LogP contribution >= 0.6 is 23.2 Å². The fourth-order valence-corrected chi connectivity index (χ4v) is 2.97. The molecule has 0 unspecified atom stereocenters. The van der Waals surface area contributed by atoms with Gasteiger partial charge in [0.15, 0.2) is 0 Å². The Labute approximate surface area is 142 Å². The molecule has 0 aliphatic carbocycles. The lowest BCUT2D eigenvalue weighted by Crippen LogP contribution is -1.90. The average molecular weight is 341 g/mol. The van der Waals surface area contributed by atoms with Crippen LogP contribution in [0.2, 0.25) is 10.0 Å². The smallest absolute Gasteiger partial charge is 0.138 e. The van der Waals surface area contributed by atoms with Crippen molar-refractivity contribution in [2.45, 2.75) is 0 Å². The molecule has 5 heteroatoms. The maximum absolute atomic E-state index is 6.20. The first-order chi connectivity index (χ1) is 11.2. The summed E-state index contributed by atoms with van der Waals surface area (Å²) in [6.45, 7) is 0. The quantitative estimate of drug-likeness (QED) is 0.456. The second-order valence-corrected chi connectivity index (χ2v) is 5.81. The van der Waals surface area contributed by atoms with Gasteiger partial charge >= 0.3 is 0 Å². The Morgan fingerprint density at radius 2 is 1.13 bits per heavy atom. The number of fused-ring (bicyclic) bond motifs is 2. The van der Waals surface area contributed by atoms with Crippen molar-refractivity contribution in [3.05, 3.63) is 71.0 Å². The lowest BCUT2D eigenvalue weighted by atomic mass is 10.2. The first-order valence-electron chi connectivity index (χ1n) is 6.98. The van der Waals surface area contributed by atoms with Crippen molar-refractivity contribution in [1.29, 1.82) is 0 Å². The molecule has 2 aromatic heterocycles. The van der Waals surface area contributed by atoms with Gasteiger partial charge in [-0.25, -0.2) is 0 Å². The molecule has 23 heavy (non-hydrogen) atoms. The summed E-state index contributed by atoms with van der Waals surface area (Å²) in [5.74, 6) is 1.37. The van der Waals surface area contributed by atoms with E-state index < -0.39 is 0 Å². The van der Waals surface area contributed by atoms with Crippen LogP contribution in [0, 0.1) is 0 Å². The van der Waals surface area contributed by atoms with Crippen LogP contribution < -0.4 is 4.74 Å². The van der Waals surface area contributed by atoms with Crippen molar-refractivity contribution >= 4 is 45.0 Å². The summed E-state index contributed by atoms with van der Waals surface area (Å²) in [6.07, 6.45) is 3.36. The maximum Gasteiger partial charge on any atom is 0.138 e. The monoisotopic (exact) mass is 340 g/mol. The number of hydrogen-bond acceptors (Lipinski definition) is 3. The predicted molar refractivity (Wildman–Crippen MR) is 93.6 cm³/mol. The minimum Gasteiger partial charge on any atom is -0.456 e. The Morgan fingerprint density at radius 1 is 0.652 bits per heavy atom. The summed E-state index contributed by atoms with van der Waals surface area (Å²) >= 11 is 12.4. The molecule has 0 radical (unpaired) electrons. The average Bonchev–Trinajstić information content (AvgIpc) is 2.57. The summed E-state index contributed by atoms with van der Waals surface area (Å²) in [7, 11) is 0. The van der Waals surface area contributed by atoms with Crippen molar-refractivity contribution in [3.63, 3.8) is 0 Å². The molecule has 0 aliphatic heterocycles. The van der Waals surface area contributed by atoms with Gasteiger partial charge in [-0.05, 0) is 36.4 Å². The molecule has 0 bridgehead atoms. The molecule has 3 nitrogen and oxygen atoms in total. The Kier molecular flexibility index (Phi) is 3.52. The molecule has 0 fully saturated rings. The van der Waals surface area contributed by atoms with Crippen molar-refractivity contribution in [3.8, 4) is 11.5 Å². The third-order valence-electron chi connectivity index (χ3n) is 3.58. The molecule has 0 spiro atoms. The highest BCUT2D eigenvalue weighted by molar-refractivity contribution is 6.35. The Balaban J connectivity index is 1.89. The highest BCUT2D eigenvalue weighted by atomic mass is 35.5.